The quantitative estimate of drug-likeness (QED) is 0.747. The lowest BCUT2D eigenvalue weighted by atomic mass is 10.2. The summed E-state index contributed by atoms with van der Waals surface area (Å²) in [6.07, 6.45) is 3.18. The Labute approximate surface area is 123 Å². The van der Waals surface area contributed by atoms with Crippen LogP contribution in [0.4, 0.5) is 0 Å². The predicted octanol–water partition coefficient (Wildman–Crippen LogP) is 2.65. The zero-order chi connectivity index (χ0) is 15.0. The molecule has 0 aliphatic carbocycles. The van der Waals surface area contributed by atoms with Gasteiger partial charge in [0.2, 0.25) is 0 Å². The van der Waals surface area contributed by atoms with Crippen LogP contribution in [-0.2, 0) is 0 Å². The van der Waals surface area contributed by atoms with Gasteiger partial charge in [-0.15, -0.1) is 11.3 Å². The van der Waals surface area contributed by atoms with Crippen molar-refractivity contribution in [3.8, 4) is 10.6 Å². The number of nitrogens with zero attached hydrogens (tertiary/aromatic N) is 3. The fraction of sp³-hybridized carbons (Fsp3) is 0.0714. The first kappa shape index (κ1) is 13.3. The highest BCUT2D eigenvalue weighted by Gasteiger charge is 2.21. The third kappa shape index (κ3) is 2.38. The summed E-state index contributed by atoms with van der Waals surface area (Å²) in [4.78, 5) is 35.2. The van der Waals surface area contributed by atoms with Crippen molar-refractivity contribution in [2.75, 3.05) is 0 Å². The third-order valence-electron chi connectivity index (χ3n) is 2.87. The van der Waals surface area contributed by atoms with Crippen LogP contribution in [0.2, 0.25) is 0 Å². The van der Waals surface area contributed by atoms with Gasteiger partial charge >= 0.3 is 5.97 Å². The van der Waals surface area contributed by atoms with Crippen molar-refractivity contribution in [1.29, 1.82) is 0 Å². The van der Waals surface area contributed by atoms with Gasteiger partial charge in [0.25, 0.3) is 0 Å². The van der Waals surface area contributed by atoms with Crippen LogP contribution in [0.15, 0.2) is 30.6 Å². The van der Waals surface area contributed by atoms with Gasteiger partial charge in [0.1, 0.15) is 9.88 Å². The van der Waals surface area contributed by atoms with Gasteiger partial charge in [0, 0.05) is 24.9 Å². The Morgan fingerprint density at radius 3 is 2.48 bits per heavy atom. The number of aromatic carboxylic acids is 1. The van der Waals surface area contributed by atoms with E-state index in [0.717, 1.165) is 16.9 Å². The number of thiazole rings is 1. The lowest BCUT2D eigenvalue weighted by Gasteiger charge is -1.98. The summed E-state index contributed by atoms with van der Waals surface area (Å²) in [5, 5.41) is 9.59. The van der Waals surface area contributed by atoms with E-state index >= 15 is 0 Å². The number of Topliss-reactive ketones (excluding diaryl/α,β-unsaturated/α-hetero) is 1. The Hall–Kier alpha value is -2.67. The number of carbonyl (C=O) groups excluding carboxylic acids is 1. The highest BCUT2D eigenvalue weighted by atomic mass is 32.1. The number of carboxylic acids is 1. The Morgan fingerprint density at radius 1 is 1.14 bits per heavy atom. The van der Waals surface area contributed by atoms with E-state index in [2.05, 4.69) is 15.0 Å². The predicted molar refractivity (Wildman–Crippen MR) is 77.6 cm³/mol. The number of aromatic nitrogens is 3. The second-order valence-electron chi connectivity index (χ2n) is 4.32. The average molecular weight is 299 g/mol. The van der Waals surface area contributed by atoms with E-state index in [1.807, 2.05) is 0 Å². The number of rotatable bonds is 3. The van der Waals surface area contributed by atoms with Crippen molar-refractivity contribution in [3.05, 3.63) is 41.2 Å². The minimum absolute atomic E-state index is 0.150. The van der Waals surface area contributed by atoms with Gasteiger partial charge in [-0.2, -0.15) is 0 Å². The summed E-state index contributed by atoms with van der Waals surface area (Å²) in [6, 6.07) is 5.34. The third-order valence-corrected chi connectivity index (χ3v) is 4.07. The van der Waals surface area contributed by atoms with Crippen molar-refractivity contribution in [2.24, 2.45) is 0 Å². The van der Waals surface area contributed by atoms with Crippen molar-refractivity contribution in [3.63, 3.8) is 0 Å². The molecule has 2 heterocycles. The second-order valence-corrected chi connectivity index (χ2v) is 5.32. The summed E-state index contributed by atoms with van der Waals surface area (Å²) in [5.74, 6) is -1.51. The Bertz CT molecular complexity index is 841. The monoisotopic (exact) mass is 299 g/mol. The topological polar surface area (TPSA) is 93.0 Å². The Balaban J connectivity index is 2.16. The molecule has 0 unspecified atom stereocenters. The van der Waals surface area contributed by atoms with Crippen molar-refractivity contribution >= 4 is 34.1 Å². The van der Waals surface area contributed by atoms with Crippen molar-refractivity contribution in [2.45, 2.75) is 6.92 Å². The van der Waals surface area contributed by atoms with Crippen LogP contribution in [0, 0.1) is 0 Å². The van der Waals surface area contributed by atoms with Crippen LogP contribution in [0.5, 0.6) is 0 Å². The molecular formula is C14H9N3O3S. The van der Waals surface area contributed by atoms with Gasteiger partial charge in [-0.05, 0) is 18.2 Å². The van der Waals surface area contributed by atoms with Crippen molar-refractivity contribution in [1.82, 2.24) is 15.0 Å². The molecule has 1 N–H and O–H groups in total. The summed E-state index contributed by atoms with van der Waals surface area (Å²) >= 11 is 1.07. The normalized spacial score (nSPS) is 10.7. The molecule has 3 aromatic rings. The number of fused-ring (bicyclic) bond motifs is 1. The molecule has 7 heteroatoms. The zero-order valence-corrected chi connectivity index (χ0v) is 11.7. The summed E-state index contributed by atoms with van der Waals surface area (Å²) < 4.78 is 0. The van der Waals surface area contributed by atoms with E-state index in [1.165, 1.54) is 6.92 Å². The van der Waals surface area contributed by atoms with E-state index in [9.17, 15) is 9.59 Å². The highest BCUT2D eigenvalue weighted by molar-refractivity contribution is 7.17. The van der Waals surface area contributed by atoms with E-state index in [-0.39, 0.29) is 16.4 Å². The first-order valence-corrected chi connectivity index (χ1v) is 6.84. The number of hydrogen-bond acceptors (Lipinski definition) is 6. The van der Waals surface area contributed by atoms with E-state index < -0.39 is 5.97 Å². The minimum atomic E-state index is -1.21. The minimum Gasteiger partial charge on any atom is -0.476 e. The molecule has 0 amide bonds. The molecule has 0 aliphatic heterocycles. The van der Waals surface area contributed by atoms with Gasteiger partial charge in [0.05, 0.1) is 11.0 Å². The molecular weight excluding hydrogens is 290 g/mol. The number of hydrogen-bond donors (Lipinski definition) is 1. The average Bonchev–Trinajstić information content (AvgIpc) is 2.92. The van der Waals surface area contributed by atoms with Crippen LogP contribution < -0.4 is 0 Å². The van der Waals surface area contributed by atoms with Gasteiger partial charge in [-0.25, -0.2) is 9.78 Å². The first-order chi connectivity index (χ1) is 10.1. The summed E-state index contributed by atoms with van der Waals surface area (Å²) in [7, 11) is 0. The van der Waals surface area contributed by atoms with Gasteiger partial charge in [-0.3, -0.25) is 14.8 Å². The number of benzene rings is 1. The zero-order valence-electron chi connectivity index (χ0n) is 10.9. The summed E-state index contributed by atoms with van der Waals surface area (Å²) in [5.41, 5.74) is 1.93. The van der Waals surface area contributed by atoms with Crippen LogP contribution >= 0.6 is 11.3 Å². The molecule has 0 saturated heterocycles. The summed E-state index contributed by atoms with van der Waals surface area (Å²) in [6.45, 7) is 1.33. The molecule has 0 bridgehead atoms. The Morgan fingerprint density at radius 2 is 1.86 bits per heavy atom. The lowest BCUT2D eigenvalue weighted by molar-refractivity contribution is 0.0687. The van der Waals surface area contributed by atoms with Gasteiger partial charge in [0.15, 0.2) is 11.5 Å². The standard InChI is InChI=1S/C14H9N3O3S/c1-7(18)12-11(14(19)20)17-13(21-12)8-2-3-9-10(6-8)16-5-4-15-9/h2-6H,1H3,(H,19,20). The molecule has 0 aliphatic rings. The number of carbonyl (C=O) groups is 2. The number of carboxylic acid groups (broad SMARTS) is 1. The molecule has 0 spiro atoms. The van der Waals surface area contributed by atoms with Crippen LogP contribution in [0.3, 0.4) is 0 Å². The Kier molecular flexibility index (Phi) is 3.19. The van der Waals surface area contributed by atoms with E-state index in [1.54, 1.807) is 30.6 Å². The van der Waals surface area contributed by atoms with Crippen LogP contribution in [0.1, 0.15) is 27.1 Å². The lowest BCUT2D eigenvalue weighted by Crippen LogP contribution is -2.03. The molecule has 0 saturated carbocycles. The first-order valence-electron chi connectivity index (χ1n) is 6.02. The number of ketones is 1. The maximum atomic E-state index is 11.5. The molecule has 6 nitrogen and oxygen atoms in total. The maximum Gasteiger partial charge on any atom is 0.356 e. The molecule has 0 fully saturated rings. The SMILES string of the molecule is CC(=O)c1sc(-c2ccc3nccnc3c2)nc1C(=O)O. The molecule has 104 valence electrons. The molecule has 0 atom stereocenters. The van der Waals surface area contributed by atoms with E-state index in [0.29, 0.717) is 16.1 Å². The maximum absolute atomic E-state index is 11.5. The fourth-order valence-electron chi connectivity index (χ4n) is 1.92. The second kappa shape index (κ2) is 5.02. The van der Waals surface area contributed by atoms with Crippen LogP contribution in [-0.4, -0.2) is 31.8 Å². The van der Waals surface area contributed by atoms with E-state index in [4.69, 9.17) is 5.11 Å². The fourth-order valence-corrected chi connectivity index (χ4v) is 2.87. The molecule has 21 heavy (non-hydrogen) atoms. The van der Waals surface area contributed by atoms with Gasteiger partial charge in [-0.1, -0.05) is 0 Å². The molecule has 1 aromatic carbocycles. The highest BCUT2D eigenvalue weighted by Crippen LogP contribution is 2.30. The smallest absolute Gasteiger partial charge is 0.356 e. The van der Waals surface area contributed by atoms with Crippen molar-refractivity contribution < 1.29 is 14.7 Å². The molecule has 2 aromatic heterocycles. The van der Waals surface area contributed by atoms with Crippen LogP contribution in [0.25, 0.3) is 21.6 Å². The molecule has 0 radical (unpaired) electrons. The van der Waals surface area contributed by atoms with Gasteiger partial charge < -0.3 is 5.11 Å². The molecule has 3 rings (SSSR count). The largest absolute Gasteiger partial charge is 0.476 e.